The summed E-state index contributed by atoms with van der Waals surface area (Å²) in [6.45, 7) is 2.70. The van der Waals surface area contributed by atoms with E-state index in [2.05, 4.69) is 23.3 Å². The molecule has 108 valence electrons. The number of hydrogen-bond donors (Lipinski definition) is 3. The van der Waals surface area contributed by atoms with Crippen molar-refractivity contribution >= 4 is 23.3 Å². The molecule has 1 aliphatic rings. The number of nitrogens with zero attached hydrogens (tertiary/aromatic N) is 2. The van der Waals surface area contributed by atoms with Crippen molar-refractivity contribution in [1.82, 2.24) is 15.2 Å². The summed E-state index contributed by atoms with van der Waals surface area (Å²) in [6, 6.07) is 4.47. The number of aryl methyl sites for hydroxylation is 2. The monoisotopic (exact) mass is 291 g/mol. The highest BCUT2D eigenvalue weighted by Crippen LogP contribution is 2.19. The van der Waals surface area contributed by atoms with Gasteiger partial charge in [-0.2, -0.15) is 0 Å². The maximum absolute atomic E-state index is 7.63. The molecule has 1 fully saturated rings. The molecule has 1 saturated carbocycles. The van der Waals surface area contributed by atoms with E-state index in [1.54, 1.807) is 4.90 Å². The maximum Gasteiger partial charge on any atom is 0.194 e. The molecule has 1 aliphatic carbocycles. The van der Waals surface area contributed by atoms with Gasteiger partial charge in [0.1, 0.15) is 0 Å². The molecular weight excluding hydrogens is 270 g/mol. The number of hydrogen-bond acceptors (Lipinski definition) is 3. The third kappa shape index (κ3) is 4.16. The number of pyridine rings is 1. The lowest BCUT2D eigenvalue weighted by atomic mass is 10.1. The molecule has 0 unspecified atom stereocenters. The predicted molar refractivity (Wildman–Crippen MR) is 84.7 cm³/mol. The molecule has 0 saturated heterocycles. The second kappa shape index (κ2) is 6.65. The summed E-state index contributed by atoms with van der Waals surface area (Å²) >= 11 is 5.30. The molecule has 1 aromatic heterocycles. The van der Waals surface area contributed by atoms with Gasteiger partial charge >= 0.3 is 0 Å². The second-order valence-electron chi connectivity index (χ2n) is 5.13. The number of guanidine groups is 1. The Labute approximate surface area is 125 Å². The molecule has 1 heterocycles. The van der Waals surface area contributed by atoms with Gasteiger partial charge in [0.15, 0.2) is 11.1 Å². The summed E-state index contributed by atoms with van der Waals surface area (Å²) in [5, 5.41) is 11.4. The lowest BCUT2D eigenvalue weighted by Gasteiger charge is -2.23. The fourth-order valence-electron chi connectivity index (χ4n) is 2.00. The molecule has 0 aromatic carbocycles. The van der Waals surface area contributed by atoms with E-state index in [1.165, 1.54) is 5.56 Å². The molecule has 0 radical (unpaired) electrons. The van der Waals surface area contributed by atoms with Gasteiger partial charge in [-0.3, -0.25) is 15.3 Å². The summed E-state index contributed by atoms with van der Waals surface area (Å²) in [5.74, 6) is 0.000827. The van der Waals surface area contributed by atoms with E-state index in [4.69, 9.17) is 23.4 Å². The van der Waals surface area contributed by atoms with Crippen molar-refractivity contribution in [3.8, 4) is 0 Å². The minimum Gasteiger partial charge on any atom is -0.370 e. The SMILES string of the molecule is Cc1cccnc1CCCN(C(=N)N)C(=S)NC1CC1. The Bertz CT molecular complexity index is 498. The fourth-order valence-corrected chi connectivity index (χ4v) is 2.35. The highest BCUT2D eigenvalue weighted by atomic mass is 32.1. The Hall–Kier alpha value is -1.69. The van der Waals surface area contributed by atoms with Crippen molar-refractivity contribution in [2.24, 2.45) is 5.73 Å². The van der Waals surface area contributed by atoms with Crippen molar-refractivity contribution < 1.29 is 0 Å². The van der Waals surface area contributed by atoms with Crippen LogP contribution in [0.4, 0.5) is 0 Å². The van der Waals surface area contributed by atoms with Gasteiger partial charge in [0, 0.05) is 24.5 Å². The lowest BCUT2D eigenvalue weighted by Crippen LogP contribution is -2.47. The number of nitrogens with one attached hydrogen (secondary N) is 2. The van der Waals surface area contributed by atoms with E-state index in [9.17, 15) is 0 Å². The second-order valence-corrected chi connectivity index (χ2v) is 5.52. The van der Waals surface area contributed by atoms with Gasteiger partial charge in [-0.1, -0.05) is 6.07 Å². The average Bonchev–Trinajstić information content (AvgIpc) is 3.19. The predicted octanol–water partition coefficient (Wildman–Crippen LogP) is 1.55. The van der Waals surface area contributed by atoms with Crippen LogP contribution in [0.1, 0.15) is 30.5 Å². The molecule has 20 heavy (non-hydrogen) atoms. The Morgan fingerprint density at radius 3 is 2.95 bits per heavy atom. The Morgan fingerprint density at radius 1 is 1.60 bits per heavy atom. The topological polar surface area (TPSA) is 78.0 Å². The largest absolute Gasteiger partial charge is 0.370 e. The van der Waals surface area contributed by atoms with Crippen LogP contribution in [0.3, 0.4) is 0 Å². The minimum atomic E-state index is 0.000827. The minimum absolute atomic E-state index is 0.000827. The first-order chi connectivity index (χ1) is 9.58. The zero-order valence-corrected chi connectivity index (χ0v) is 12.5. The smallest absolute Gasteiger partial charge is 0.194 e. The van der Waals surface area contributed by atoms with E-state index < -0.39 is 0 Å². The summed E-state index contributed by atoms with van der Waals surface area (Å²) in [5.41, 5.74) is 7.90. The third-order valence-corrected chi connectivity index (χ3v) is 3.69. The fraction of sp³-hybridized carbons (Fsp3) is 0.500. The summed E-state index contributed by atoms with van der Waals surface area (Å²) < 4.78 is 0. The number of nitrogens with two attached hydrogens (primary N) is 1. The molecule has 0 bridgehead atoms. The zero-order chi connectivity index (χ0) is 14.5. The molecule has 4 N–H and O–H groups in total. The van der Waals surface area contributed by atoms with Crippen LogP contribution in [0.15, 0.2) is 18.3 Å². The van der Waals surface area contributed by atoms with Crippen LogP contribution in [-0.2, 0) is 6.42 Å². The van der Waals surface area contributed by atoms with E-state index >= 15 is 0 Å². The van der Waals surface area contributed by atoms with Crippen LogP contribution in [0.25, 0.3) is 0 Å². The van der Waals surface area contributed by atoms with E-state index in [0.29, 0.717) is 17.7 Å². The van der Waals surface area contributed by atoms with Crippen LogP contribution in [0, 0.1) is 12.3 Å². The van der Waals surface area contributed by atoms with E-state index in [0.717, 1.165) is 31.4 Å². The normalized spacial score (nSPS) is 13.8. The van der Waals surface area contributed by atoms with Crippen LogP contribution in [0.2, 0.25) is 0 Å². The van der Waals surface area contributed by atoms with Gasteiger partial charge in [0.25, 0.3) is 0 Å². The molecule has 5 nitrogen and oxygen atoms in total. The van der Waals surface area contributed by atoms with Crippen molar-refractivity contribution in [2.75, 3.05) is 6.54 Å². The van der Waals surface area contributed by atoms with Crippen molar-refractivity contribution in [1.29, 1.82) is 5.41 Å². The summed E-state index contributed by atoms with van der Waals surface area (Å²) in [7, 11) is 0. The van der Waals surface area contributed by atoms with Gasteiger partial charge in [0.2, 0.25) is 0 Å². The Balaban J connectivity index is 1.84. The van der Waals surface area contributed by atoms with Gasteiger partial charge in [0.05, 0.1) is 0 Å². The highest BCUT2D eigenvalue weighted by Gasteiger charge is 2.24. The average molecular weight is 291 g/mol. The van der Waals surface area contributed by atoms with E-state index in [1.807, 2.05) is 12.3 Å². The quantitative estimate of drug-likeness (QED) is 0.436. The number of thiocarbonyl (C=S) groups is 1. The first-order valence-electron chi connectivity index (χ1n) is 6.90. The molecule has 2 rings (SSSR count). The molecule has 0 spiro atoms. The first kappa shape index (κ1) is 14.7. The summed E-state index contributed by atoms with van der Waals surface area (Å²) in [6.07, 6.45) is 5.84. The van der Waals surface area contributed by atoms with Gasteiger partial charge in [-0.25, -0.2) is 0 Å². The van der Waals surface area contributed by atoms with Crippen LogP contribution >= 0.6 is 12.2 Å². The molecule has 0 amide bonds. The van der Waals surface area contributed by atoms with Crippen molar-refractivity contribution in [2.45, 2.75) is 38.6 Å². The summed E-state index contributed by atoms with van der Waals surface area (Å²) in [4.78, 5) is 6.03. The number of aromatic nitrogens is 1. The first-order valence-corrected chi connectivity index (χ1v) is 7.31. The Morgan fingerprint density at radius 2 is 2.35 bits per heavy atom. The van der Waals surface area contributed by atoms with Gasteiger partial charge in [-0.15, -0.1) is 0 Å². The molecule has 1 aromatic rings. The molecule has 0 atom stereocenters. The van der Waals surface area contributed by atoms with Crippen LogP contribution in [0.5, 0.6) is 0 Å². The van der Waals surface area contributed by atoms with Crippen LogP contribution in [-0.4, -0.2) is 33.5 Å². The van der Waals surface area contributed by atoms with Crippen LogP contribution < -0.4 is 11.1 Å². The van der Waals surface area contributed by atoms with E-state index in [-0.39, 0.29) is 5.96 Å². The molecule has 6 heteroatoms. The Kier molecular flexibility index (Phi) is 4.89. The van der Waals surface area contributed by atoms with Crippen molar-refractivity contribution in [3.05, 3.63) is 29.6 Å². The number of rotatable bonds is 5. The molecule has 0 aliphatic heterocycles. The standard InChI is InChI=1S/C14H21N5S/c1-10-4-2-8-17-12(10)5-3-9-19(13(15)16)14(20)18-11-6-7-11/h2,4,8,11H,3,5-7,9H2,1H3,(H3,15,16)(H,18,20). The van der Waals surface area contributed by atoms with Gasteiger partial charge < -0.3 is 11.1 Å². The van der Waals surface area contributed by atoms with Crippen molar-refractivity contribution in [3.63, 3.8) is 0 Å². The zero-order valence-electron chi connectivity index (χ0n) is 11.7. The maximum atomic E-state index is 7.63. The van der Waals surface area contributed by atoms with Gasteiger partial charge in [-0.05, 0) is 56.5 Å². The highest BCUT2D eigenvalue weighted by molar-refractivity contribution is 7.80. The lowest BCUT2D eigenvalue weighted by molar-refractivity contribution is 0.549. The molecular formula is C14H21N5S. The third-order valence-electron chi connectivity index (χ3n) is 3.35.